The lowest BCUT2D eigenvalue weighted by molar-refractivity contribution is 0.102. The molecule has 0 saturated heterocycles. The highest BCUT2D eigenvalue weighted by atomic mass is 79.9. The van der Waals surface area contributed by atoms with Gasteiger partial charge in [0.25, 0.3) is 5.91 Å². The first-order valence-corrected chi connectivity index (χ1v) is 6.01. The number of rotatable bonds is 2. The van der Waals surface area contributed by atoms with Gasteiger partial charge in [-0.25, -0.2) is 0 Å². The van der Waals surface area contributed by atoms with Crippen molar-refractivity contribution in [1.82, 2.24) is 10.2 Å². The normalized spacial score (nSPS) is 10.3. The maximum atomic E-state index is 11.9. The zero-order valence-electron chi connectivity index (χ0n) is 8.92. The molecule has 0 saturated carbocycles. The zero-order valence-corrected chi connectivity index (χ0v) is 11.3. The molecule has 0 aliphatic carbocycles. The minimum absolute atomic E-state index is 0.213. The lowest BCUT2D eigenvalue weighted by Crippen LogP contribution is -2.12. The average molecular weight is 315 g/mol. The monoisotopic (exact) mass is 313 g/mol. The Balaban J connectivity index is 2.20. The van der Waals surface area contributed by atoms with Crippen LogP contribution < -0.4 is 5.32 Å². The molecule has 0 radical (unpaired) electrons. The van der Waals surface area contributed by atoms with E-state index in [2.05, 4.69) is 31.4 Å². The maximum Gasteiger partial charge on any atom is 0.256 e. The molecule has 0 aliphatic heterocycles. The topological polar surface area (TPSA) is 57.8 Å². The number of nitrogens with one attached hydrogen (secondary N) is 2. The van der Waals surface area contributed by atoms with Crippen molar-refractivity contribution in [2.24, 2.45) is 0 Å². The molecule has 0 aliphatic rings. The van der Waals surface area contributed by atoms with Gasteiger partial charge in [0, 0.05) is 15.6 Å². The van der Waals surface area contributed by atoms with Crippen molar-refractivity contribution >= 4 is 39.3 Å². The van der Waals surface area contributed by atoms with Crippen LogP contribution in [0.2, 0.25) is 5.02 Å². The minimum Gasteiger partial charge on any atom is -0.307 e. The third-order valence-corrected chi connectivity index (χ3v) is 3.46. The van der Waals surface area contributed by atoms with Crippen LogP contribution in [0, 0.1) is 6.92 Å². The van der Waals surface area contributed by atoms with Crippen molar-refractivity contribution < 1.29 is 4.79 Å². The summed E-state index contributed by atoms with van der Waals surface area (Å²) in [5, 5.41) is 9.84. The molecular weight excluding hydrogens is 305 g/mol. The Hall–Kier alpha value is -1.33. The number of amides is 1. The van der Waals surface area contributed by atoms with Crippen LogP contribution in [-0.2, 0) is 0 Å². The Bertz CT molecular complexity index is 568. The lowest BCUT2D eigenvalue weighted by atomic mass is 10.2. The summed E-state index contributed by atoms with van der Waals surface area (Å²) in [6.45, 7) is 1.86. The third kappa shape index (κ3) is 2.68. The smallest absolute Gasteiger partial charge is 0.256 e. The predicted octanol–water partition coefficient (Wildman–Crippen LogP) is 3.39. The van der Waals surface area contributed by atoms with Crippen molar-refractivity contribution in [3.63, 3.8) is 0 Å². The van der Waals surface area contributed by atoms with E-state index in [1.54, 1.807) is 24.4 Å². The molecule has 0 atom stereocenters. The predicted molar refractivity (Wildman–Crippen MR) is 70.4 cm³/mol. The van der Waals surface area contributed by atoms with Gasteiger partial charge in [-0.1, -0.05) is 11.6 Å². The van der Waals surface area contributed by atoms with E-state index < -0.39 is 0 Å². The molecule has 0 unspecified atom stereocenters. The summed E-state index contributed by atoms with van der Waals surface area (Å²) < 4.78 is 0.688. The molecule has 1 aromatic carbocycles. The molecule has 17 heavy (non-hydrogen) atoms. The number of hydrogen-bond donors (Lipinski definition) is 2. The number of aryl methyl sites for hydroxylation is 1. The fourth-order valence-corrected chi connectivity index (χ4v) is 1.79. The van der Waals surface area contributed by atoms with E-state index in [-0.39, 0.29) is 5.91 Å². The molecule has 1 heterocycles. The fraction of sp³-hybridized carbons (Fsp3) is 0.0909. The van der Waals surface area contributed by atoms with E-state index in [0.29, 0.717) is 20.9 Å². The first kappa shape index (κ1) is 12.1. The fourth-order valence-electron chi connectivity index (χ4n) is 1.30. The standard InChI is InChI=1S/C11H9BrClN3O/c1-6-5-14-16-10(6)15-11(17)7-2-3-9(13)8(12)4-7/h2-5H,1H3,(H2,14,15,16,17). The van der Waals surface area contributed by atoms with E-state index in [1.807, 2.05) is 6.92 Å². The number of hydrogen-bond acceptors (Lipinski definition) is 2. The second-order valence-electron chi connectivity index (χ2n) is 3.51. The SMILES string of the molecule is Cc1cn[nH]c1NC(=O)c1ccc(Cl)c(Br)c1. The number of benzene rings is 1. The van der Waals surface area contributed by atoms with Gasteiger partial charge in [-0.15, -0.1) is 0 Å². The molecule has 4 nitrogen and oxygen atoms in total. The summed E-state index contributed by atoms with van der Waals surface area (Å²) in [4.78, 5) is 11.9. The van der Waals surface area contributed by atoms with Crippen LogP contribution in [0.4, 0.5) is 5.82 Å². The van der Waals surface area contributed by atoms with Crippen LogP contribution in [-0.4, -0.2) is 16.1 Å². The molecule has 2 N–H and O–H groups in total. The van der Waals surface area contributed by atoms with Gasteiger partial charge in [0.05, 0.1) is 11.2 Å². The van der Waals surface area contributed by atoms with Crippen LogP contribution in [0.1, 0.15) is 15.9 Å². The van der Waals surface area contributed by atoms with Crippen molar-refractivity contribution in [2.45, 2.75) is 6.92 Å². The molecule has 2 rings (SSSR count). The van der Waals surface area contributed by atoms with Gasteiger partial charge < -0.3 is 5.32 Å². The van der Waals surface area contributed by atoms with E-state index in [1.165, 1.54) is 0 Å². The number of aromatic amines is 1. The number of H-pyrrole nitrogens is 1. The van der Waals surface area contributed by atoms with Crippen LogP contribution in [0.3, 0.4) is 0 Å². The quantitative estimate of drug-likeness (QED) is 0.892. The number of anilines is 1. The molecule has 2 aromatic rings. The minimum atomic E-state index is -0.213. The summed E-state index contributed by atoms with van der Waals surface area (Å²) >= 11 is 9.13. The van der Waals surface area contributed by atoms with Crippen LogP contribution in [0.15, 0.2) is 28.9 Å². The van der Waals surface area contributed by atoms with Gasteiger partial charge in [0.2, 0.25) is 0 Å². The van der Waals surface area contributed by atoms with Gasteiger partial charge in [-0.3, -0.25) is 9.89 Å². The maximum absolute atomic E-state index is 11.9. The molecule has 1 amide bonds. The highest BCUT2D eigenvalue weighted by molar-refractivity contribution is 9.10. The third-order valence-electron chi connectivity index (χ3n) is 2.25. The molecule has 1 aromatic heterocycles. The number of aromatic nitrogens is 2. The Morgan fingerprint density at radius 2 is 2.29 bits per heavy atom. The number of halogens is 2. The largest absolute Gasteiger partial charge is 0.307 e. The van der Waals surface area contributed by atoms with Gasteiger partial charge in [0.15, 0.2) is 0 Å². The molecule has 6 heteroatoms. The first-order valence-electron chi connectivity index (χ1n) is 4.84. The molecular formula is C11H9BrClN3O. The van der Waals surface area contributed by atoms with E-state index >= 15 is 0 Å². The van der Waals surface area contributed by atoms with E-state index in [4.69, 9.17) is 11.6 Å². The van der Waals surface area contributed by atoms with E-state index in [0.717, 1.165) is 5.56 Å². The number of carbonyl (C=O) groups is 1. The van der Waals surface area contributed by atoms with Crippen LogP contribution in [0.25, 0.3) is 0 Å². The Kier molecular flexibility index (Phi) is 3.49. The number of nitrogens with zero attached hydrogens (tertiary/aromatic N) is 1. The molecule has 0 fully saturated rings. The molecule has 0 bridgehead atoms. The van der Waals surface area contributed by atoms with Gasteiger partial charge in [0.1, 0.15) is 5.82 Å². The lowest BCUT2D eigenvalue weighted by Gasteiger charge is -2.05. The first-order chi connectivity index (χ1) is 8.08. The second-order valence-corrected chi connectivity index (χ2v) is 4.77. The number of carbonyl (C=O) groups excluding carboxylic acids is 1. The van der Waals surface area contributed by atoms with Crippen LogP contribution >= 0.6 is 27.5 Å². The summed E-state index contributed by atoms with van der Waals surface area (Å²) in [6.07, 6.45) is 1.65. The average Bonchev–Trinajstić information content (AvgIpc) is 2.68. The Morgan fingerprint density at radius 1 is 1.53 bits per heavy atom. The molecule has 0 spiro atoms. The van der Waals surface area contributed by atoms with E-state index in [9.17, 15) is 4.79 Å². The van der Waals surface area contributed by atoms with Crippen molar-refractivity contribution in [1.29, 1.82) is 0 Å². The van der Waals surface area contributed by atoms with Gasteiger partial charge in [-0.2, -0.15) is 5.10 Å². The Labute approximate surface area is 111 Å². The summed E-state index contributed by atoms with van der Waals surface area (Å²) in [5.74, 6) is 0.385. The second kappa shape index (κ2) is 4.89. The van der Waals surface area contributed by atoms with Gasteiger partial charge >= 0.3 is 0 Å². The summed E-state index contributed by atoms with van der Waals surface area (Å²) in [6, 6.07) is 5.00. The van der Waals surface area contributed by atoms with Crippen LogP contribution in [0.5, 0.6) is 0 Å². The van der Waals surface area contributed by atoms with Crippen molar-refractivity contribution in [3.8, 4) is 0 Å². The summed E-state index contributed by atoms with van der Waals surface area (Å²) in [5.41, 5.74) is 1.40. The zero-order chi connectivity index (χ0) is 12.4. The van der Waals surface area contributed by atoms with Crippen molar-refractivity contribution in [3.05, 3.63) is 45.0 Å². The highest BCUT2D eigenvalue weighted by Gasteiger charge is 2.10. The van der Waals surface area contributed by atoms with Crippen molar-refractivity contribution in [2.75, 3.05) is 5.32 Å². The molecule has 88 valence electrons. The Morgan fingerprint density at radius 3 is 2.88 bits per heavy atom. The van der Waals surface area contributed by atoms with Gasteiger partial charge in [-0.05, 0) is 41.1 Å². The highest BCUT2D eigenvalue weighted by Crippen LogP contribution is 2.23. The summed E-state index contributed by atoms with van der Waals surface area (Å²) in [7, 11) is 0.